The summed E-state index contributed by atoms with van der Waals surface area (Å²) >= 11 is 0. The SMILES string of the molecule is CCOC(=O)c1cc2ccccc2n1CCN. The number of rotatable bonds is 4. The van der Waals surface area contributed by atoms with Crippen molar-refractivity contribution in [2.75, 3.05) is 13.2 Å². The van der Waals surface area contributed by atoms with E-state index in [1.54, 1.807) is 6.92 Å². The van der Waals surface area contributed by atoms with Crippen LogP contribution in [0, 0.1) is 0 Å². The summed E-state index contributed by atoms with van der Waals surface area (Å²) in [6.45, 7) is 3.28. The second kappa shape index (κ2) is 5.01. The predicted molar refractivity (Wildman–Crippen MR) is 66.9 cm³/mol. The van der Waals surface area contributed by atoms with Gasteiger partial charge in [0, 0.05) is 24.0 Å². The molecule has 17 heavy (non-hydrogen) atoms. The number of hydrogen-bond donors (Lipinski definition) is 1. The zero-order chi connectivity index (χ0) is 12.3. The fourth-order valence-electron chi connectivity index (χ4n) is 1.95. The Labute approximate surface area is 100.0 Å². The van der Waals surface area contributed by atoms with Crippen LogP contribution in [-0.2, 0) is 11.3 Å². The quantitative estimate of drug-likeness (QED) is 0.817. The van der Waals surface area contributed by atoms with Gasteiger partial charge in [-0.2, -0.15) is 0 Å². The second-order valence-electron chi connectivity index (χ2n) is 3.75. The van der Waals surface area contributed by atoms with Gasteiger partial charge in [-0.25, -0.2) is 4.79 Å². The zero-order valence-electron chi connectivity index (χ0n) is 9.85. The lowest BCUT2D eigenvalue weighted by Gasteiger charge is -2.08. The van der Waals surface area contributed by atoms with Gasteiger partial charge in [0.25, 0.3) is 0 Å². The van der Waals surface area contributed by atoms with E-state index in [0.717, 1.165) is 10.9 Å². The van der Waals surface area contributed by atoms with E-state index in [1.807, 2.05) is 34.9 Å². The molecule has 4 heteroatoms. The monoisotopic (exact) mass is 232 g/mol. The minimum absolute atomic E-state index is 0.294. The standard InChI is InChI=1S/C13H16N2O2/c1-2-17-13(16)12-9-10-5-3-4-6-11(10)15(12)8-7-14/h3-6,9H,2,7-8,14H2,1H3. The van der Waals surface area contributed by atoms with Crippen LogP contribution in [0.4, 0.5) is 0 Å². The van der Waals surface area contributed by atoms with Crippen molar-refractivity contribution in [1.82, 2.24) is 4.57 Å². The molecule has 1 aromatic heterocycles. The third-order valence-corrected chi connectivity index (χ3v) is 2.65. The molecule has 0 unspecified atom stereocenters. The summed E-state index contributed by atoms with van der Waals surface area (Å²) in [4.78, 5) is 11.8. The van der Waals surface area contributed by atoms with Gasteiger partial charge < -0.3 is 15.0 Å². The van der Waals surface area contributed by atoms with Crippen LogP contribution < -0.4 is 5.73 Å². The van der Waals surface area contributed by atoms with Crippen LogP contribution in [0.5, 0.6) is 0 Å². The van der Waals surface area contributed by atoms with Crippen LogP contribution in [0.1, 0.15) is 17.4 Å². The molecule has 1 aromatic carbocycles. The van der Waals surface area contributed by atoms with E-state index in [1.165, 1.54) is 0 Å². The van der Waals surface area contributed by atoms with Gasteiger partial charge in [0.05, 0.1) is 6.61 Å². The molecule has 0 fully saturated rings. The van der Waals surface area contributed by atoms with Crippen LogP contribution in [0.15, 0.2) is 30.3 Å². The molecule has 0 radical (unpaired) electrons. The van der Waals surface area contributed by atoms with Gasteiger partial charge in [-0.15, -0.1) is 0 Å². The molecule has 4 nitrogen and oxygen atoms in total. The molecule has 90 valence electrons. The number of carbonyl (C=O) groups excluding carboxylic acids is 1. The first-order chi connectivity index (χ1) is 8.27. The fraction of sp³-hybridized carbons (Fsp3) is 0.308. The van der Waals surface area contributed by atoms with E-state index in [2.05, 4.69) is 0 Å². The Morgan fingerprint density at radius 1 is 1.41 bits per heavy atom. The Bertz CT molecular complexity index is 531. The van der Waals surface area contributed by atoms with Gasteiger partial charge in [-0.1, -0.05) is 18.2 Å². The van der Waals surface area contributed by atoms with Crippen molar-refractivity contribution in [2.45, 2.75) is 13.5 Å². The van der Waals surface area contributed by atoms with E-state index in [9.17, 15) is 4.79 Å². The molecule has 0 spiro atoms. The number of benzene rings is 1. The summed E-state index contributed by atoms with van der Waals surface area (Å²) < 4.78 is 6.95. The van der Waals surface area contributed by atoms with Crippen molar-refractivity contribution in [2.24, 2.45) is 5.73 Å². The highest BCUT2D eigenvalue weighted by Crippen LogP contribution is 2.20. The Morgan fingerprint density at radius 2 is 2.18 bits per heavy atom. The smallest absolute Gasteiger partial charge is 0.354 e. The van der Waals surface area contributed by atoms with E-state index in [4.69, 9.17) is 10.5 Å². The lowest BCUT2D eigenvalue weighted by molar-refractivity contribution is 0.0514. The van der Waals surface area contributed by atoms with Gasteiger partial charge in [-0.3, -0.25) is 0 Å². The molecule has 2 rings (SSSR count). The number of esters is 1. The van der Waals surface area contributed by atoms with Crippen molar-refractivity contribution in [3.63, 3.8) is 0 Å². The number of ether oxygens (including phenoxy) is 1. The molecule has 2 N–H and O–H groups in total. The number of aromatic nitrogens is 1. The molecule has 0 aliphatic carbocycles. The number of hydrogen-bond acceptors (Lipinski definition) is 3. The maximum Gasteiger partial charge on any atom is 0.354 e. The highest BCUT2D eigenvalue weighted by Gasteiger charge is 2.15. The maximum atomic E-state index is 11.8. The van der Waals surface area contributed by atoms with Crippen LogP contribution in [-0.4, -0.2) is 23.7 Å². The average molecular weight is 232 g/mol. The number of fused-ring (bicyclic) bond motifs is 1. The van der Waals surface area contributed by atoms with E-state index < -0.39 is 0 Å². The van der Waals surface area contributed by atoms with Crippen molar-refractivity contribution in [1.29, 1.82) is 0 Å². The Morgan fingerprint density at radius 3 is 2.88 bits per heavy atom. The highest BCUT2D eigenvalue weighted by atomic mass is 16.5. The first-order valence-electron chi connectivity index (χ1n) is 5.73. The number of carbonyl (C=O) groups is 1. The van der Waals surface area contributed by atoms with Crippen LogP contribution in [0.25, 0.3) is 10.9 Å². The van der Waals surface area contributed by atoms with E-state index in [0.29, 0.717) is 25.4 Å². The van der Waals surface area contributed by atoms with E-state index >= 15 is 0 Å². The molecule has 0 bridgehead atoms. The first-order valence-corrected chi connectivity index (χ1v) is 5.73. The molecule has 0 aliphatic rings. The highest BCUT2D eigenvalue weighted by molar-refractivity contribution is 5.95. The van der Waals surface area contributed by atoms with Crippen LogP contribution >= 0.6 is 0 Å². The molecule has 0 atom stereocenters. The third kappa shape index (κ3) is 2.17. The largest absolute Gasteiger partial charge is 0.461 e. The van der Waals surface area contributed by atoms with Gasteiger partial charge in [0.2, 0.25) is 0 Å². The van der Waals surface area contributed by atoms with Gasteiger partial charge in [-0.05, 0) is 19.1 Å². The third-order valence-electron chi connectivity index (χ3n) is 2.65. The molecule has 2 aromatic rings. The summed E-state index contributed by atoms with van der Waals surface area (Å²) in [6, 6.07) is 9.70. The number of nitrogens with two attached hydrogens (primary N) is 1. The van der Waals surface area contributed by atoms with Crippen molar-refractivity contribution in [3.05, 3.63) is 36.0 Å². The molecule has 0 saturated carbocycles. The molecule has 0 amide bonds. The van der Waals surface area contributed by atoms with E-state index in [-0.39, 0.29) is 5.97 Å². The summed E-state index contributed by atoms with van der Waals surface area (Å²) in [5.74, 6) is -0.294. The van der Waals surface area contributed by atoms with Gasteiger partial charge in [0.15, 0.2) is 0 Å². The van der Waals surface area contributed by atoms with Gasteiger partial charge >= 0.3 is 5.97 Å². The lowest BCUT2D eigenvalue weighted by atomic mass is 10.2. The fourth-order valence-corrected chi connectivity index (χ4v) is 1.95. The lowest BCUT2D eigenvalue weighted by Crippen LogP contribution is -2.16. The number of para-hydroxylation sites is 1. The first kappa shape index (κ1) is 11.7. The minimum Gasteiger partial charge on any atom is -0.461 e. The summed E-state index contributed by atoms with van der Waals surface area (Å²) in [6.07, 6.45) is 0. The zero-order valence-corrected chi connectivity index (χ0v) is 9.85. The minimum atomic E-state index is -0.294. The Hall–Kier alpha value is -1.81. The molecular formula is C13H16N2O2. The summed E-state index contributed by atoms with van der Waals surface area (Å²) in [5.41, 5.74) is 7.16. The topological polar surface area (TPSA) is 57.2 Å². The number of nitrogens with zero attached hydrogens (tertiary/aromatic N) is 1. The predicted octanol–water partition coefficient (Wildman–Crippen LogP) is 1.78. The second-order valence-corrected chi connectivity index (χ2v) is 3.75. The van der Waals surface area contributed by atoms with Crippen molar-refractivity contribution < 1.29 is 9.53 Å². The normalized spacial score (nSPS) is 10.7. The Kier molecular flexibility index (Phi) is 3.44. The van der Waals surface area contributed by atoms with Crippen LogP contribution in [0.2, 0.25) is 0 Å². The Balaban J connectivity index is 2.53. The molecular weight excluding hydrogens is 216 g/mol. The molecule has 0 aliphatic heterocycles. The molecule has 1 heterocycles. The van der Waals surface area contributed by atoms with Crippen molar-refractivity contribution >= 4 is 16.9 Å². The van der Waals surface area contributed by atoms with Crippen molar-refractivity contribution in [3.8, 4) is 0 Å². The average Bonchev–Trinajstić information content (AvgIpc) is 2.70. The maximum absolute atomic E-state index is 11.8. The van der Waals surface area contributed by atoms with Gasteiger partial charge in [0.1, 0.15) is 5.69 Å². The van der Waals surface area contributed by atoms with Crippen LogP contribution in [0.3, 0.4) is 0 Å². The molecule has 0 saturated heterocycles. The summed E-state index contributed by atoms with van der Waals surface area (Å²) in [5, 5.41) is 1.03. The summed E-state index contributed by atoms with van der Waals surface area (Å²) in [7, 11) is 0.